The highest BCUT2D eigenvalue weighted by molar-refractivity contribution is 4.87. The number of likely N-dealkylation sites (N-methyl/N-ethyl adjacent to an activating group) is 1. The van der Waals surface area contributed by atoms with Gasteiger partial charge in [0.15, 0.2) is 0 Å². The first-order chi connectivity index (χ1) is 7.85. The largest absolute Gasteiger partial charge is 0.315 e. The van der Waals surface area contributed by atoms with Crippen molar-refractivity contribution in [3.05, 3.63) is 0 Å². The lowest BCUT2D eigenvalue weighted by atomic mass is 9.83. The standard InChI is InChI=1S/C14H28N2/c1-3-12-6-5-7-13(10-12)16(4-2)14-8-9-15-11-14/h12-15H,3-11H2,1-2H3. The Kier molecular flexibility index (Phi) is 4.66. The smallest absolute Gasteiger partial charge is 0.0235 e. The third-order valence-electron chi connectivity index (χ3n) is 4.67. The Balaban J connectivity index is 1.91. The molecule has 94 valence electrons. The summed E-state index contributed by atoms with van der Waals surface area (Å²) < 4.78 is 0. The minimum atomic E-state index is 0.825. The monoisotopic (exact) mass is 224 g/mol. The number of nitrogens with one attached hydrogen (secondary N) is 1. The minimum Gasteiger partial charge on any atom is -0.315 e. The fraction of sp³-hybridized carbons (Fsp3) is 1.00. The molecule has 2 fully saturated rings. The molecule has 1 N–H and O–H groups in total. The van der Waals surface area contributed by atoms with Crippen LogP contribution in [0.25, 0.3) is 0 Å². The first-order valence-corrected chi connectivity index (χ1v) is 7.31. The highest BCUT2D eigenvalue weighted by Crippen LogP contribution is 2.31. The van der Waals surface area contributed by atoms with Gasteiger partial charge in [0.2, 0.25) is 0 Å². The molecule has 2 heteroatoms. The molecule has 3 atom stereocenters. The van der Waals surface area contributed by atoms with Crippen LogP contribution in [0.5, 0.6) is 0 Å². The van der Waals surface area contributed by atoms with Gasteiger partial charge >= 0.3 is 0 Å². The molecule has 2 rings (SSSR count). The third kappa shape index (κ3) is 2.78. The first kappa shape index (κ1) is 12.4. The van der Waals surface area contributed by atoms with Crippen LogP contribution < -0.4 is 5.32 Å². The van der Waals surface area contributed by atoms with Gasteiger partial charge in [-0.1, -0.05) is 33.1 Å². The lowest BCUT2D eigenvalue weighted by Crippen LogP contribution is -2.46. The van der Waals surface area contributed by atoms with E-state index in [0.717, 1.165) is 18.0 Å². The van der Waals surface area contributed by atoms with Crippen molar-refractivity contribution in [2.75, 3.05) is 19.6 Å². The number of nitrogens with zero attached hydrogens (tertiary/aromatic N) is 1. The molecular weight excluding hydrogens is 196 g/mol. The molecular formula is C14H28N2. The molecule has 0 amide bonds. The molecule has 2 aliphatic rings. The van der Waals surface area contributed by atoms with Gasteiger partial charge in [0.05, 0.1) is 0 Å². The zero-order valence-electron chi connectivity index (χ0n) is 11.0. The van der Waals surface area contributed by atoms with Crippen LogP contribution in [-0.4, -0.2) is 36.6 Å². The lowest BCUT2D eigenvalue weighted by molar-refractivity contribution is 0.0973. The molecule has 1 heterocycles. The van der Waals surface area contributed by atoms with Gasteiger partial charge in [-0.3, -0.25) is 4.90 Å². The fourth-order valence-electron chi connectivity index (χ4n) is 3.67. The van der Waals surface area contributed by atoms with Crippen molar-refractivity contribution in [2.24, 2.45) is 5.92 Å². The Labute approximate surface area is 101 Å². The van der Waals surface area contributed by atoms with E-state index in [1.807, 2.05) is 0 Å². The van der Waals surface area contributed by atoms with Crippen molar-refractivity contribution in [2.45, 2.75) is 64.5 Å². The Bertz CT molecular complexity index is 199. The molecule has 0 aromatic rings. The van der Waals surface area contributed by atoms with Crippen LogP contribution >= 0.6 is 0 Å². The molecule has 0 aromatic carbocycles. The SMILES string of the molecule is CCC1CCCC(N(CC)C2CCNC2)C1. The van der Waals surface area contributed by atoms with Gasteiger partial charge in [0, 0.05) is 18.6 Å². The van der Waals surface area contributed by atoms with Crippen molar-refractivity contribution >= 4 is 0 Å². The summed E-state index contributed by atoms with van der Waals surface area (Å²) >= 11 is 0. The summed E-state index contributed by atoms with van der Waals surface area (Å²) in [6, 6.07) is 1.71. The van der Waals surface area contributed by atoms with Crippen molar-refractivity contribution in [3.63, 3.8) is 0 Å². The van der Waals surface area contributed by atoms with E-state index in [9.17, 15) is 0 Å². The van der Waals surface area contributed by atoms with Gasteiger partial charge in [-0.05, 0) is 38.3 Å². The van der Waals surface area contributed by atoms with Crippen molar-refractivity contribution in [1.29, 1.82) is 0 Å². The molecule has 1 saturated heterocycles. The van der Waals surface area contributed by atoms with Crippen LogP contribution in [0.1, 0.15) is 52.4 Å². The second-order valence-electron chi connectivity index (χ2n) is 5.57. The Morgan fingerprint density at radius 2 is 2.00 bits per heavy atom. The van der Waals surface area contributed by atoms with E-state index in [0.29, 0.717) is 0 Å². The van der Waals surface area contributed by atoms with Crippen LogP contribution in [0.4, 0.5) is 0 Å². The van der Waals surface area contributed by atoms with E-state index in [1.165, 1.54) is 58.2 Å². The van der Waals surface area contributed by atoms with Crippen LogP contribution in [-0.2, 0) is 0 Å². The fourth-order valence-corrected chi connectivity index (χ4v) is 3.67. The molecule has 1 aliphatic carbocycles. The maximum Gasteiger partial charge on any atom is 0.0235 e. The van der Waals surface area contributed by atoms with E-state index in [1.54, 1.807) is 0 Å². The average molecular weight is 224 g/mol. The van der Waals surface area contributed by atoms with Crippen molar-refractivity contribution in [1.82, 2.24) is 10.2 Å². The molecule has 16 heavy (non-hydrogen) atoms. The van der Waals surface area contributed by atoms with Crippen LogP contribution in [0, 0.1) is 5.92 Å². The Morgan fingerprint density at radius 1 is 1.12 bits per heavy atom. The van der Waals surface area contributed by atoms with Crippen LogP contribution in [0.3, 0.4) is 0 Å². The highest BCUT2D eigenvalue weighted by atomic mass is 15.2. The Hall–Kier alpha value is -0.0800. The number of hydrogen-bond acceptors (Lipinski definition) is 2. The molecule has 0 spiro atoms. The summed E-state index contributed by atoms with van der Waals surface area (Å²) in [7, 11) is 0. The summed E-state index contributed by atoms with van der Waals surface area (Å²) in [4.78, 5) is 2.79. The van der Waals surface area contributed by atoms with E-state index in [2.05, 4.69) is 24.1 Å². The normalized spacial score (nSPS) is 35.8. The second kappa shape index (κ2) is 6.02. The molecule has 0 aromatic heterocycles. The molecule has 0 bridgehead atoms. The predicted molar refractivity (Wildman–Crippen MR) is 69.7 cm³/mol. The summed E-state index contributed by atoms with van der Waals surface area (Å²) in [5.41, 5.74) is 0. The summed E-state index contributed by atoms with van der Waals surface area (Å²) in [5, 5.41) is 3.51. The number of rotatable bonds is 4. The molecule has 1 saturated carbocycles. The maximum atomic E-state index is 3.51. The van der Waals surface area contributed by atoms with Gasteiger partial charge in [-0.2, -0.15) is 0 Å². The van der Waals surface area contributed by atoms with E-state index in [-0.39, 0.29) is 0 Å². The summed E-state index contributed by atoms with van der Waals surface area (Å²) in [5.74, 6) is 1.00. The minimum absolute atomic E-state index is 0.825. The lowest BCUT2D eigenvalue weighted by Gasteiger charge is -2.40. The molecule has 3 unspecified atom stereocenters. The maximum absolute atomic E-state index is 3.51. The van der Waals surface area contributed by atoms with Crippen LogP contribution in [0.2, 0.25) is 0 Å². The van der Waals surface area contributed by atoms with Gasteiger partial charge in [0.1, 0.15) is 0 Å². The average Bonchev–Trinajstić information content (AvgIpc) is 2.84. The van der Waals surface area contributed by atoms with Gasteiger partial charge < -0.3 is 5.32 Å². The van der Waals surface area contributed by atoms with E-state index < -0.39 is 0 Å². The predicted octanol–water partition coefficient (Wildman–Crippen LogP) is 2.64. The number of hydrogen-bond donors (Lipinski definition) is 1. The topological polar surface area (TPSA) is 15.3 Å². The van der Waals surface area contributed by atoms with E-state index >= 15 is 0 Å². The summed E-state index contributed by atoms with van der Waals surface area (Å²) in [6.07, 6.45) is 8.59. The zero-order chi connectivity index (χ0) is 11.4. The third-order valence-corrected chi connectivity index (χ3v) is 4.67. The van der Waals surface area contributed by atoms with Gasteiger partial charge in [-0.15, -0.1) is 0 Å². The van der Waals surface area contributed by atoms with Gasteiger partial charge in [-0.25, -0.2) is 0 Å². The second-order valence-corrected chi connectivity index (χ2v) is 5.57. The van der Waals surface area contributed by atoms with Crippen molar-refractivity contribution in [3.8, 4) is 0 Å². The summed E-state index contributed by atoms with van der Waals surface area (Å²) in [6.45, 7) is 8.40. The molecule has 2 nitrogen and oxygen atoms in total. The first-order valence-electron chi connectivity index (χ1n) is 7.31. The quantitative estimate of drug-likeness (QED) is 0.790. The Morgan fingerprint density at radius 3 is 2.62 bits per heavy atom. The van der Waals surface area contributed by atoms with E-state index in [4.69, 9.17) is 0 Å². The van der Waals surface area contributed by atoms with Gasteiger partial charge in [0.25, 0.3) is 0 Å². The molecule has 0 radical (unpaired) electrons. The zero-order valence-corrected chi connectivity index (χ0v) is 11.0. The highest BCUT2D eigenvalue weighted by Gasteiger charge is 2.30. The molecule has 1 aliphatic heterocycles. The van der Waals surface area contributed by atoms with Crippen LogP contribution in [0.15, 0.2) is 0 Å². The van der Waals surface area contributed by atoms with Crippen molar-refractivity contribution < 1.29 is 0 Å².